The molecule has 1 aromatic rings. The highest BCUT2D eigenvalue weighted by Gasteiger charge is 2.09. The number of hydrogen-bond donors (Lipinski definition) is 2. The molecule has 0 aliphatic carbocycles. The second-order valence-corrected chi connectivity index (χ2v) is 4.89. The van der Waals surface area contributed by atoms with Crippen LogP contribution in [0.4, 0.5) is 4.39 Å². The predicted octanol–water partition coefficient (Wildman–Crippen LogP) is 1.89. The van der Waals surface area contributed by atoms with Gasteiger partial charge in [-0.15, -0.1) is 0 Å². The molecule has 1 unspecified atom stereocenters. The molecule has 0 spiro atoms. The molecular formula is C14H20FNO2. The van der Waals surface area contributed by atoms with Crippen molar-refractivity contribution >= 4 is 5.91 Å². The van der Waals surface area contributed by atoms with Crippen molar-refractivity contribution in [3.05, 3.63) is 35.6 Å². The fourth-order valence-corrected chi connectivity index (χ4v) is 1.71. The first-order valence-corrected chi connectivity index (χ1v) is 6.16. The van der Waals surface area contributed by atoms with Gasteiger partial charge in [-0.25, -0.2) is 4.39 Å². The molecule has 0 aromatic heterocycles. The summed E-state index contributed by atoms with van der Waals surface area (Å²) in [4.78, 5) is 11.6. The Bertz CT molecular complexity index is 376. The minimum absolute atomic E-state index is 0.163. The molecule has 18 heavy (non-hydrogen) atoms. The summed E-state index contributed by atoms with van der Waals surface area (Å²) in [5, 5.41) is 12.3. The van der Waals surface area contributed by atoms with Crippen molar-refractivity contribution in [3.63, 3.8) is 0 Å². The first-order valence-electron chi connectivity index (χ1n) is 6.16. The first-order chi connectivity index (χ1) is 8.47. The van der Waals surface area contributed by atoms with E-state index in [0.29, 0.717) is 12.3 Å². The van der Waals surface area contributed by atoms with E-state index in [1.165, 1.54) is 12.1 Å². The molecule has 0 saturated carbocycles. The Hall–Kier alpha value is -1.42. The third-order valence-corrected chi connectivity index (χ3v) is 2.56. The zero-order valence-electron chi connectivity index (χ0n) is 10.8. The molecule has 0 aliphatic rings. The number of hydrogen-bond acceptors (Lipinski definition) is 2. The van der Waals surface area contributed by atoms with Crippen LogP contribution in [0.3, 0.4) is 0 Å². The van der Waals surface area contributed by atoms with Crippen molar-refractivity contribution in [1.29, 1.82) is 0 Å². The molecule has 1 aromatic carbocycles. The van der Waals surface area contributed by atoms with E-state index in [1.807, 2.05) is 13.8 Å². The maximum Gasteiger partial charge on any atom is 0.224 e. The summed E-state index contributed by atoms with van der Waals surface area (Å²) in [6, 6.07) is 5.82. The maximum absolute atomic E-state index is 12.7. The van der Waals surface area contributed by atoms with Crippen LogP contribution in [0.1, 0.15) is 25.8 Å². The topological polar surface area (TPSA) is 49.3 Å². The van der Waals surface area contributed by atoms with Gasteiger partial charge in [-0.1, -0.05) is 26.0 Å². The Morgan fingerprint density at radius 2 is 1.94 bits per heavy atom. The molecule has 0 fully saturated rings. The van der Waals surface area contributed by atoms with E-state index in [4.69, 9.17) is 0 Å². The van der Waals surface area contributed by atoms with Crippen molar-refractivity contribution in [2.75, 3.05) is 6.54 Å². The summed E-state index contributed by atoms with van der Waals surface area (Å²) in [6.45, 7) is 4.30. The number of rotatable bonds is 6. The SMILES string of the molecule is CC(C)CC(O)CNC(=O)Cc1ccc(F)cc1. The predicted molar refractivity (Wildman–Crippen MR) is 68.6 cm³/mol. The van der Waals surface area contributed by atoms with Gasteiger partial charge in [0.1, 0.15) is 5.82 Å². The van der Waals surface area contributed by atoms with E-state index in [2.05, 4.69) is 5.32 Å². The monoisotopic (exact) mass is 253 g/mol. The van der Waals surface area contributed by atoms with Gasteiger partial charge in [0, 0.05) is 6.54 Å². The third-order valence-electron chi connectivity index (χ3n) is 2.56. The molecular weight excluding hydrogens is 233 g/mol. The van der Waals surface area contributed by atoms with Crippen LogP contribution in [0.15, 0.2) is 24.3 Å². The summed E-state index contributed by atoms with van der Waals surface area (Å²) in [5.74, 6) is -0.0788. The summed E-state index contributed by atoms with van der Waals surface area (Å²) in [7, 11) is 0. The molecule has 1 amide bonds. The average Bonchev–Trinajstić information content (AvgIpc) is 2.29. The smallest absolute Gasteiger partial charge is 0.224 e. The van der Waals surface area contributed by atoms with E-state index in [1.54, 1.807) is 12.1 Å². The Labute approximate surface area is 107 Å². The summed E-state index contributed by atoms with van der Waals surface area (Å²) < 4.78 is 12.7. The number of amides is 1. The quantitative estimate of drug-likeness (QED) is 0.813. The zero-order valence-corrected chi connectivity index (χ0v) is 10.8. The molecule has 3 nitrogen and oxygen atoms in total. The average molecular weight is 253 g/mol. The van der Waals surface area contributed by atoms with Gasteiger partial charge < -0.3 is 10.4 Å². The van der Waals surface area contributed by atoms with E-state index in [-0.39, 0.29) is 24.7 Å². The molecule has 0 heterocycles. The number of aliphatic hydroxyl groups excluding tert-OH is 1. The normalized spacial score (nSPS) is 12.5. The fraction of sp³-hybridized carbons (Fsp3) is 0.500. The van der Waals surface area contributed by atoms with Crippen LogP contribution in [0, 0.1) is 11.7 Å². The minimum atomic E-state index is -0.512. The van der Waals surface area contributed by atoms with Crippen molar-refractivity contribution in [2.24, 2.45) is 5.92 Å². The van der Waals surface area contributed by atoms with Crippen molar-refractivity contribution in [1.82, 2.24) is 5.32 Å². The van der Waals surface area contributed by atoms with E-state index in [0.717, 1.165) is 5.56 Å². The summed E-state index contributed by atoms with van der Waals surface area (Å²) in [5.41, 5.74) is 0.757. The van der Waals surface area contributed by atoms with E-state index < -0.39 is 6.10 Å². The van der Waals surface area contributed by atoms with Crippen LogP contribution in [-0.2, 0) is 11.2 Å². The lowest BCUT2D eigenvalue weighted by molar-refractivity contribution is -0.120. The molecule has 2 N–H and O–H groups in total. The van der Waals surface area contributed by atoms with Crippen LogP contribution in [0.25, 0.3) is 0 Å². The first kappa shape index (κ1) is 14.6. The number of aliphatic hydroxyl groups is 1. The van der Waals surface area contributed by atoms with E-state index in [9.17, 15) is 14.3 Å². The van der Waals surface area contributed by atoms with Crippen LogP contribution < -0.4 is 5.32 Å². The van der Waals surface area contributed by atoms with Gasteiger partial charge >= 0.3 is 0 Å². The molecule has 4 heteroatoms. The van der Waals surface area contributed by atoms with Crippen LogP contribution in [-0.4, -0.2) is 23.7 Å². The molecule has 100 valence electrons. The maximum atomic E-state index is 12.7. The van der Waals surface area contributed by atoms with Gasteiger partial charge in [-0.2, -0.15) is 0 Å². The molecule has 0 aliphatic heterocycles. The molecule has 0 bridgehead atoms. The number of halogens is 1. The van der Waals surface area contributed by atoms with Gasteiger partial charge in [-0.3, -0.25) is 4.79 Å². The molecule has 1 atom stereocenters. The largest absolute Gasteiger partial charge is 0.391 e. The molecule has 1 rings (SSSR count). The minimum Gasteiger partial charge on any atom is -0.391 e. The number of benzene rings is 1. The van der Waals surface area contributed by atoms with Gasteiger partial charge in [-0.05, 0) is 30.0 Å². The zero-order chi connectivity index (χ0) is 13.5. The standard InChI is InChI=1S/C14H20FNO2/c1-10(2)7-13(17)9-16-14(18)8-11-3-5-12(15)6-4-11/h3-6,10,13,17H,7-9H2,1-2H3,(H,16,18). The number of carbonyl (C=O) groups excluding carboxylic acids is 1. The van der Waals surface area contributed by atoms with Gasteiger partial charge in [0.25, 0.3) is 0 Å². The van der Waals surface area contributed by atoms with Crippen LogP contribution >= 0.6 is 0 Å². The van der Waals surface area contributed by atoms with Gasteiger partial charge in [0.05, 0.1) is 12.5 Å². The van der Waals surface area contributed by atoms with Crippen molar-refractivity contribution < 1.29 is 14.3 Å². The van der Waals surface area contributed by atoms with Crippen LogP contribution in [0.5, 0.6) is 0 Å². The van der Waals surface area contributed by atoms with Gasteiger partial charge in [0.15, 0.2) is 0 Å². The van der Waals surface area contributed by atoms with E-state index >= 15 is 0 Å². The third kappa shape index (κ3) is 5.77. The Morgan fingerprint density at radius 1 is 1.33 bits per heavy atom. The number of carbonyl (C=O) groups is 1. The second-order valence-electron chi connectivity index (χ2n) is 4.89. The highest BCUT2D eigenvalue weighted by atomic mass is 19.1. The molecule has 0 radical (unpaired) electrons. The van der Waals surface area contributed by atoms with Gasteiger partial charge in [0.2, 0.25) is 5.91 Å². The van der Waals surface area contributed by atoms with Crippen LogP contribution in [0.2, 0.25) is 0 Å². The summed E-state index contributed by atoms with van der Waals surface area (Å²) in [6.07, 6.45) is 0.355. The van der Waals surface area contributed by atoms with Crippen molar-refractivity contribution in [2.45, 2.75) is 32.8 Å². The summed E-state index contributed by atoms with van der Waals surface area (Å²) >= 11 is 0. The Balaban J connectivity index is 2.31. The Morgan fingerprint density at radius 3 is 2.50 bits per heavy atom. The lowest BCUT2D eigenvalue weighted by Gasteiger charge is -2.13. The Kier molecular flexibility index (Phi) is 5.78. The highest BCUT2D eigenvalue weighted by Crippen LogP contribution is 2.05. The fourth-order valence-electron chi connectivity index (χ4n) is 1.71. The second kappa shape index (κ2) is 7.11. The molecule has 0 saturated heterocycles. The number of nitrogens with one attached hydrogen (secondary N) is 1. The lowest BCUT2D eigenvalue weighted by Crippen LogP contribution is -2.33. The lowest BCUT2D eigenvalue weighted by atomic mass is 10.1. The highest BCUT2D eigenvalue weighted by molar-refractivity contribution is 5.78. The van der Waals surface area contributed by atoms with Crippen molar-refractivity contribution in [3.8, 4) is 0 Å².